The number of hydrogen-bond acceptors (Lipinski definition) is 3. The Morgan fingerprint density at radius 3 is 2.71 bits per heavy atom. The Hall–Kier alpha value is -1.46. The van der Waals surface area contributed by atoms with Crippen LogP contribution >= 0.6 is 11.6 Å². The van der Waals surface area contributed by atoms with E-state index in [0.717, 1.165) is 30.8 Å². The first kappa shape index (κ1) is 15.9. The third kappa shape index (κ3) is 3.09. The molecule has 21 heavy (non-hydrogen) atoms. The number of aromatic nitrogens is 3. The molecule has 1 aromatic heterocycles. The first-order valence-electron chi connectivity index (χ1n) is 7.26. The molecule has 0 amide bonds. The van der Waals surface area contributed by atoms with E-state index < -0.39 is 5.82 Å². The molecule has 6 heteroatoms. The van der Waals surface area contributed by atoms with E-state index in [4.69, 9.17) is 11.6 Å². The van der Waals surface area contributed by atoms with Crippen LogP contribution < -0.4 is 5.32 Å². The zero-order valence-electron chi connectivity index (χ0n) is 12.5. The van der Waals surface area contributed by atoms with Crippen LogP contribution in [0.1, 0.15) is 44.6 Å². The zero-order chi connectivity index (χ0) is 15.4. The van der Waals surface area contributed by atoms with E-state index in [1.54, 1.807) is 16.8 Å². The second kappa shape index (κ2) is 7.00. The van der Waals surface area contributed by atoms with Crippen LogP contribution in [0.25, 0.3) is 5.69 Å². The van der Waals surface area contributed by atoms with Gasteiger partial charge in [0.05, 0.1) is 16.8 Å². The molecule has 1 heterocycles. The minimum absolute atomic E-state index is 0.0883. The second-order valence-electron chi connectivity index (χ2n) is 4.78. The van der Waals surface area contributed by atoms with E-state index in [-0.39, 0.29) is 11.1 Å². The summed E-state index contributed by atoms with van der Waals surface area (Å²) in [5, 5.41) is 11.9. The summed E-state index contributed by atoms with van der Waals surface area (Å²) in [6.07, 6.45) is 1.62. The van der Waals surface area contributed by atoms with Crippen LogP contribution in [0.2, 0.25) is 5.02 Å². The third-order valence-electron chi connectivity index (χ3n) is 3.48. The van der Waals surface area contributed by atoms with Crippen LogP contribution in [0.4, 0.5) is 4.39 Å². The van der Waals surface area contributed by atoms with Crippen molar-refractivity contribution in [2.75, 3.05) is 6.54 Å². The van der Waals surface area contributed by atoms with Gasteiger partial charge >= 0.3 is 0 Å². The lowest BCUT2D eigenvalue weighted by Gasteiger charge is -2.15. The fraction of sp³-hybridized carbons (Fsp3) is 0.467. The first-order valence-corrected chi connectivity index (χ1v) is 7.63. The topological polar surface area (TPSA) is 42.7 Å². The van der Waals surface area contributed by atoms with Gasteiger partial charge in [-0.3, -0.25) is 0 Å². The molecular weight excluding hydrogens is 291 g/mol. The highest BCUT2D eigenvalue weighted by Crippen LogP contribution is 2.25. The minimum Gasteiger partial charge on any atom is -0.309 e. The molecule has 0 aliphatic heterocycles. The summed E-state index contributed by atoms with van der Waals surface area (Å²) in [6.45, 7) is 7.00. The van der Waals surface area contributed by atoms with Gasteiger partial charge in [-0.15, -0.1) is 5.10 Å². The molecule has 0 radical (unpaired) electrons. The van der Waals surface area contributed by atoms with E-state index in [1.165, 1.54) is 6.07 Å². The van der Waals surface area contributed by atoms with Gasteiger partial charge in [-0.2, -0.15) is 0 Å². The molecule has 0 spiro atoms. The van der Waals surface area contributed by atoms with Gasteiger partial charge in [0, 0.05) is 0 Å². The van der Waals surface area contributed by atoms with Crippen LogP contribution in [-0.2, 0) is 6.42 Å². The number of benzene rings is 1. The lowest BCUT2D eigenvalue weighted by atomic mass is 10.1. The van der Waals surface area contributed by atoms with E-state index >= 15 is 0 Å². The Kier molecular flexibility index (Phi) is 5.31. The third-order valence-corrected chi connectivity index (χ3v) is 3.77. The molecule has 1 atom stereocenters. The molecule has 0 fully saturated rings. The normalized spacial score (nSPS) is 12.6. The van der Waals surface area contributed by atoms with E-state index in [2.05, 4.69) is 29.5 Å². The van der Waals surface area contributed by atoms with Crippen molar-refractivity contribution in [3.8, 4) is 5.69 Å². The summed E-state index contributed by atoms with van der Waals surface area (Å²) >= 11 is 5.86. The molecule has 1 N–H and O–H groups in total. The SMILES string of the molecule is CCNC(CC)c1nnn(-c2cccc(Cl)c2F)c1CC. The molecule has 1 unspecified atom stereocenters. The van der Waals surface area contributed by atoms with E-state index in [9.17, 15) is 4.39 Å². The molecular formula is C15H20ClFN4. The highest BCUT2D eigenvalue weighted by atomic mass is 35.5. The fourth-order valence-electron chi connectivity index (χ4n) is 2.45. The molecule has 0 saturated heterocycles. The van der Waals surface area contributed by atoms with Crippen molar-refractivity contribution in [3.05, 3.63) is 40.4 Å². The van der Waals surface area contributed by atoms with Gasteiger partial charge in [0.15, 0.2) is 5.82 Å². The molecule has 0 saturated carbocycles. The summed E-state index contributed by atoms with van der Waals surface area (Å²) in [4.78, 5) is 0. The predicted molar refractivity (Wildman–Crippen MR) is 82.4 cm³/mol. The number of nitrogens with zero attached hydrogens (tertiary/aromatic N) is 3. The average Bonchev–Trinajstić information content (AvgIpc) is 2.91. The smallest absolute Gasteiger partial charge is 0.167 e. The summed E-state index contributed by atoms with van der Waals surface area (Å²) in [5.41, 5.74) is 2.12. The Balaban J connectivity index is 2.51. The summed E-state index contributed by atoms with van der Waals surface area (Å²) < 4.78 is 15.8. The summed E-state index contributed by atoms with van der Waals surface area (Å²) in [5.74, 6) is -0.471. The largest absolute Gasteiger partial charge is 0.309 e. The number of nitrogens with one attached hydrogen (secondary N) is 1. The van der Waals surface area contributed by atoms with Gasteiger partial charge < -0.3 is 5.32 Å². The predicted octanol–water partition coefficient (Wildman–Crippen LogP) is 3.68. The molecule has 0 aliphatic rings. The Labute approximate surface area is 129 Å². The summed E-state index contributed by atoms with van der Waals surface area (Å²) in [6, 6.07) is 5.02. The van der Waals surface area contributed by atoms with Gasteiger partial charge in [0.2, 0.25) is 0 Å². The maximum absolute atomic E-state index is 14.2. The van der Waals surface area contributed by atoms with Crippen molar-refractivity contribution in [1.82, 2.24) is 20.3 Å². The lowest BCUT2D eigenvalue weighted by Crippen LogP contribution is -2.22. The average molecular weight is 311 g/mol. The Morgan fingerprint density at radius 1 is 1.33 bits per heavy atom. The van der Waals surface area contributed by atoms with Crippen molar-refractivity contribution in [2.45, 2.75) is 39.7 Å². The van der Waals surface area contributed by atoms with Gasteiger partial charge in [-0.25, -0.2) is 9.07 Å². The standard InChI is InChI=1S/C15H20ClFN4/c1-4-11(18-6-3)15-12(5-2)21(20-19-15)13-9-7-8-10(16)14(13)17/h7-9,11,18H,4-6H2,1-3H3. The van der Waals surface area contributed by atoms with E-state index in [1.807, 2.05) is 6.92 Å². The Morgan fingerprint density at radius 2 is 2.10 bits per heavy atom. The van der Waals surface area contributed by atoms with Gasteiger partial charge in [0.25, 0.3) is 0 Å². The fourth-order valence-corrected chi connectivity index (χ4v) is 2.61. The van der Waals surface area contributed by atoms with Gasteiger partial charge in [-0.05, 0) is 31.5 Å². The van der Waals surface area contributed by atoms with Crippen molar-refractivity contribution >= 4 is 11.6 Å². The highest BCUT2D eigenvalue weighted by Gasteiger charge is 2.21. The molecule has 1 aromatic carbocycles. The minimum atomic E-state index is -0.471. The zero-order valence-corrected chi connectivity index (χ0v) is 13.3. The van der Waals surface area contributed by atoms with Gasteiger partial charge in [-0.1, -0.05) is 43.7 Å². The number of rotatable bonds is 6. The molecule has 2 aromatic rings. The van der Waals surface area contributed by atoms with Crippen LogP contribution in [0.15, 0.2) is 18.2 Å². The number of hydrogen-bond donors (Lipinski definition) is 1. The first-order chi connectivity index (χ1) is 10.1. The lowest BCUT2D eigenvalue weighted by molar-refractivity contribution is 0.520. The van der Waals surface area contributed by atoms with Crippen LogP contribution in [0.3, 0.4) is 0 Å². The monoisotopic (exact) mass is 310 g/mol. The van der Waals surface area contributed by atoms with Crippen molar-refractivity contribution in [3.63, 3.8) is 0 Å². The molecule has 0 aliphatic carbocycles. The number of halogens is 2. The molecule has 114 valence electrons. The molecule has 0 bridgehead atoms. The molecule has 4 nitrogen and oxygen atoms in total. The van der Waals surface area contributed by atoms with Crippen LogP contribution in [0, 0.1) is 5.82 Å². The maximum Gasteiger partial charge on any atom is 0.167 e. The van der Waals surface area contributed by atoms with Crippen molar-refractivity contribution in [1.29, 1.82) is 0 Å². The van der Waals surface area contributed by atoms with Crippen molar-refractivity contribution in [2.24, 2.45) is 0 Å². The summed E-state index contributed by atoms with van der Waals surface area (Å²) in [7, 11) is 0. The second-order valence-corrected chi connectivity index (χ2v) is 5.19. The molecule has 2 rings (SSSR count). The van der Waals surface area contributed by atoms with Crippen LogP contribution in [-0.4, -0.2) is 21.5 Å². The highest BCUT2D eigenvalue weighted by molar-refractivity contribution is 6.30. The van der Waals surface area contributed by atoms with Gasteiger partial charge in [0.1, 0.15) is 11.4 Å². The maximum atomic E-state index is 14.2. The van der Waals surface area contributed by atoms with Crippen LogP contribution in [0.5, 0.6) is 0 Å². The van der Waals surface area contributed by atoms with Crippen molar-refractivity contribution < 1.29 is 4.39 Å². The Bertz CT molecular complexity index is 612. The van der Waals surface area contributed by atoms with E-state index in [0.29, 0.717) is 5.69 Å². The quantitative estimate of drug-likeness (QED) is 0.885.